The summed E-state index contributed by atoms with van der Waals surface area (Å²) >= 11 is 0. The summed E-state index contributed by atoms with van der Waals surface area (Å²) in [5.74, 6) is 1.58. The van der Waals surface area contributed by atoms with Gasteiger partial charge in [-0.25, -0.2) is 0 Å². The number of halogens is 1. The number of amides is 1. The Labute approximate surface area is 157 Å². The van der Waals surface area contributed by atoms with Crippen molar-refractivity contribution in [3.05, 3.63) is 36.0 Å². The lowest BCUT2D eigenvalue weighted by Crippen LogP contribution is -2.46. The fraction of sp³-hybridized carbons (Fsp3) is 0.471. The number of nitrogens with two attached hydrogens (primary N) is 1. The summed E-state index contributed by atoms with van der Waals surface area (Å²) < 4.78 is 15.8. The molecule has 9 heteroatoms. The number of rotatable bonds is 6. The molecule has 1 aliphatic rings. The van der Waals surface area contributed by atoms with E-state index in [9.17, 15) is 4.79 Å². The molecule has 0 atom stereocenters. The maximum Gasteiger partial charge on any atom is 0.232 e. The Bertz CT molecular complexity index is 714. The number of nitrogens with one attached hydrogen (secondary N) is 1. The number of aryl methyl sites for hydroxylation is 1. The Morgan fingerprint density at radius 3 is 2.58 bits per heavy atom. The highest BCUT2D eigenvalue weighted by molar-refractivity contribution is 5.95. The van der Waals surface area contributed by atoms with E-state index in [-0.39, 0.29) is 24.9 Å². The molecule has 1 aromatic carbocycles. The second kappa shape index (κ2) is 8.98. The van der Waals surface area contributed by atoms with Gasteiger partial charge in [0.1, 0.15) is 5.75 Å². The molecule has 8 nitrogen and oxygen atoms in total. The molecular weight excluding hydrogens is 360 g/mol. The maximum atomic E-state index is 12.6. The van der Waals surface area contributed by atoms with Crippen molar-refractivity contribution in [2.45, 2.75) is 26.4 Å². The Morgan fingerprint density at radius 2 is 2.00 bits per heavy atom. The number of hydrogen-bond acceptors (Lipinski definition) is 7. The molecule has 3 N–H and O–H groups in total. The molecule has 1 aliphatic heterocycles. The van der Waals surface area contributed by atoms with E-state index < -0.39 is 5.41 Å². The molecule has 2 heterocycles. The zero-order valence-corrected chi connectivity index (χ0v) is 15.4. The van der Waals surface area contributed by atoms with Crippen molar-refractivity contribution in [3.63, 3.8) is 0 Å². The number of hydrogen-bond donors (Lipinski definition) is 2. The largest absolute Gasteiger partial charge is 0.485 e. The van der Waals surface area contributed by atoms with Crippen molar-refractivity contribution in [2.75, 3.05) is 25.1 Å². The van der Waals surface area contributed by atoms with Gasteiger partial charge in [0.2, 0.25) is 17.6 Å². The van der Waals surface area contributed by atoms with E-state index in [2.05, 4.69) is 15.5 Å². The molecule has 1 saturated heterocycles. The number of anilines is 1. The van der Waals surface area contributed by atoms with Crippen LogP contribution in [-0.4, -0.2) is 35.8 Å². The van der Waals surface area contributed by atoms with Gasteiger partial charge in [0.15, 0.2) is 6.61 Å². The van der Waals surface area contributed by atoms with Gasteiger partial charge in [-0.05, 0) is 37.1 Å². The Morgan fingerprint density at radius 1 is 1.31 bits per heavy atom. The van der Waals surface area contributed by atoms with Crippen LogP contribution in [0, 0.1) is 12.3 Å². The Kier molecular flexibility index (Phi) is 6.96. The van der Waals surface area contributed by atoms with Gasteiger partial charge in [0.05, 0.1) is 5.41 Å². The first-order valence-corrected chi connectivity index (χ1v) is 8.23. The molecule has 26 heavy (non-hydrogen) atoms. The molecule has 2 aromatic rings. The second-order valence-electron chi connectivity index (χ2n) is 6.09. The highest BCUT2D eigenvalue weighted by atomic mass is 35.5. The third-order valence-electron chi connectivity index (χ3n) is 4.37. The fourth-order valence-electron chi connectivity index (χ4n) is 2.73. The molecule has 1 fully saturated rings. The summed E-state index contributed by atoms with van der Waals surface area (Å²) in [6.07, 6.45) is 1.28. The van der Waals surface area contributed by atoms with Gasteiger partial charge in [-0.15, -0.1) is 12.4 Å². The van der Waals surface area contributed by atoms with Crippen LogP contribution in [0.5, 0.6) is 5.75 Å². The van der Waals surface area contributed by atoms with Gasteiger partial charge < -0.3 is 25.0 Å². The predicted molar refractivity (Wildman–Crippen MR) is 97.2 cm³/mol. The van der Waals surface area contributed by atoms with Crippen LogP contribution >= 0.6 is 12.4 Å². The van der Waals surface area contributed by atoms with Crippen LogP contribution in [0.4, 0.5) is 5.69 Å². The fourth-order valence-corrected chi connectivity index (χ4v) is 2.73. The smallest absolute Gasteiger partial charge is 0.232 e. The van der Waals surface area contributed by atoms with E-state index in [1.165, 1.54) is 0 Å². The lowest BCUT2D eigenvalue weighted by Gasteiger charge is -2.34. The zero-order valence-electron chi connectivity index (χ0n) is 14.6. The van der Waals surface area contributed by atoms with Gasteiger partial charge in [-0.3, -0.25) is 4.79 Å². The maximum absolute atomic E-state index is 12.6. The van der Waals surface area contributed by atoms with Crippen molar-refractivity contribution in [1.82, 2.24) is 10.1 Å². The molecule has 142 valence electrons. The summed E-state index contributed by atoms with van der Waals surface area (Å²) in [5, 5.41) is 6.70. The number of ether oxygens (including phenoxy) is 2. The van der Waals surface area contributed by atoms with Crippen molar-refractivity contribution in [1.29, 1.82) is 0 Å². The summed E-state index contributed by atoms with van der Waals surface area (Å²) in [6, 6.07) is 7.14. The first kappa shape index (κ1) is 20.2. The van der Waals surface area contributed by atoms with Crippen LogP contribution in [0.1, 0.15) is 24.6 Å². The average Bonchev–Trinajstić information content (AvgIpc) is 3.07. The number of carbonyl (C=O) groups excluding carboxylic acids is 1. The van der Waals surface area contributed by atoms with Gasteiger partial charge in [0.25, 0.3) is 0 Å². The molecule has 0 spiro atoms. The molecule has 1 amide bonds. The van der Waals surface area contributed by atoms with E-state index in [1.807, 2.05) is 0 Å². The molecule has 0 radical (unpaired) electrons. The summed E-state index contributed by atoms with van der Waals surface area (Å²) in [4.78, 5) is 16.7. The molecule has 0 saturated carbocycles. The standard InChI is InChI=1S/C17H22N4O4.ClH/c1-12-19-15(21-25-12)10-24-14-4-2-13(3-5-14)20-16(22)17(11-18)6-8-23-9-7-17;/h2-5H,6-11,18H2,1H3,(H,20,22);1H. The van der Waals surface area contributed by atoms with Crippen LogP contribution in [-0.2, 0) is 16.1 Å². The first-order valence-electron chi connectivity index (χ1n) is 8.23. The van der Waals surface area contributed by atoms with Crippen molar-refractivity contribution >= 4 is 24.0 Å². The molecule has 0 unspecified atom stereocenters. The third-order valence-corrected chi connectivity index (χ3v) is 4.37. The van der Waals surface area contributed by atoms with Gasteiger partial charge >= 0.3 is 0 Å². The summed E-state index contributed by atoms with van der Waals surface area (Å²) in [7, 11) is 0. The van der Waals surface area contributed by atoms with Gasteiger partial charge in [0, 0.05) is 32.4 Å². The van der Waals surface area contributed by atoms with Gasteiger partial charge in [-0.1, -0.05) is 5.16 Å². The lowest BCUT2D eigenvalue weighted by molar-refractivity contribution is -0.130. The predicted octanol–water partition coefficient (Wildman–Crippen LogP) is 2.07. The van der Waals surface area contributed by atoms with E-state index in [1.54, 1.807) is 31.2 Å². The normalized spacial score (nSPS) is 15.8. The minimum absolute atomic E-state index is 0. The number of aromatic nitrogens is 2. The SMILES string of the molecule is Cc1nc(COc2ccc(NC(=O)C3(CN)CCOCC3)cc2)no1.Cl. The quantitative estimate of drug-likeness (QED) is 0.786. The Balaban J connectivity index is 0.00000243. The molecule has 1 aromatic heterocycles. The second-order valence-corrected chi connectivity index (χ2v) is 6.09. The number of carbonyl (C=O) groups is 1. The average molecular weight is 383 g/mol. The summed E-state index contributed by atoms with van der Waals surface area (Å²) in [5.41, 5.74) is 6.01. The topological polar surface area (TPSA) is 112 Å². The van der Waals surface area contributed by atoms with Crippen molar-refractivity contribution < 1.29 is 18.8 Å². The minimum atomic E-state index is -0.552. The first-order chi connectivity index (χ1) is 12.1. The highest BCUT2D eigenvalue weighted by Gasteiger charge is 2.38. The number of nitrogens with zero attached hydrogens (tertiary/aromatic N) is 2. The monoisotopic (exact) mass is 382 g/mol. The molecule has 3 rings (SSSR count). The summed E-state index contributed by atoms with van der Waals surface area (Å²) in [6.45, 7) is 3.38. The van der Waals surface area contributed by atoms with E-state index in [0.29, 0.717) is 55.8 Å². The van der Waals surface area contributed by atoms with Crippen molar-refractivity contribution in [3.8, 4) is 5.75 Å². The van der Waals surface area contributed by atoms with Gasteiger partial charge in [-0.2, -0.15) is 4.98 Å². The van der Waals surface area contributed by atoms with E-state index >= 15 is 0 Å². The van der Waals surface area contributed by atoms with Crippen LogP contribution in [0.25, 0.3) is 0 Å². The minimum Gasteiger partial charge on any atom is -0.485 e. The molecule has 0 aliphatic carbocycles. The van der Waals surface area contributed by atoms with E-state index in [4.69, 9.17) is 19.7 Å². The van der Waals surface area contributed by atoms with Crippen LogP contribution in [0.3, 0.4) is 0 Å². The van der Waals surface area contributed by atoms with Crippen molar-refractivity contribution in [2.24, 2.45) is 11.1 Å². The van der Waals surface area contributed by atoms with E-state index in [0.717, 1.165) is 0 Å². The van der Waals surface area contributed by atoms with Crippen LogP contribution in [0.15, 0.2) is 28.8 Å². The van der Waals surface area contributed by atoms with Crippen LogP contribution in [0.2, 0.25) is 0 Å². The van der Waals surface area contributed by atoms with Crippen LogP contribution < -0.4 is 15.8 Å². The zero-order chi connectivity index (χ0) is 17.7. The lowest BCUT2D eigenvalue weighted by atomic mass is 9.79. The highest BCUT2D eigenvalue weighted by Crippen LogP contribution is 2.31. The molecular formula is C17H23ClN4O4. The number of benzene rings is 1. The molecule has 0 bridgehead atoms. The Hall–Kier alpha value is -2.16. The third kappa shape index (κ3) is 4.72.